The van der Waals surface area contributed by atoms with Crippen molar-refractivity contribution in [2.45, 2.75) is 99.0 Å². The average Bonchev–Trinajstić information content (AvgIpc) is 2.55. The Morgan fingerprint density at radius 2 is 1.86 bits per heavy atom. The minimum Gasteiger partial charge on any atom is -0.390 e. The maximum atomic E-state index is 10.7. The number of hydrogen-bond donors (Lipinski definition) is 1. The molecule has 3 nitrogen and oxygen atoms in total. The maximum Gasteiger partial charge on any atom is 0.135 e. The van der Waals surface area contributed by atoms with Crippen LogP contribution in [0.25, 0.3) is 0 Å². The van der Waals surface area contributed by atoms with E-state index in [1.165, 1.54) is 25.0 Å². The number of rotatable bonds is 6. The van der Waals surface area contributed by atoms with Crippen molar-refractivity contribution < 1.29 is 9.90 Å². The predicted molar refractivity (Wildman–Crippen MR) is 123 cm³/mol. The van der Waals surface area contributed by atoms with E-state index in [4.69, 9.17) is 16.7 Å². The zero-order chi connectivity index (χ0) is 21.7. The minimum atomic E-state index is -0.826. The summed E-state index contributed by atoms with van der Waals surface area (Å²) in [5.74, 6) is 1.18. The molecule has 0 heterocycles. The Balaban J connectivity index is 0.000000442. The molecule has 1 saturated carbocycles. The molecular formula is C24H40ClNO2. The lowest BCUT2D eigenvalue weighted by Gasteiger charge is -2.18. The molecule has 0 unspecified atom stereocenters. The van der Waals surface area contributed by atoms with Gasteiger partial charge in [0.25, 0.3) is 0 Å². The van der Waals surface area contributed by atoms with E-state index in [1.807, 2.05) is 25.1 Å². The highest BCUT2D eigenvalue weighted by Gasteiger charge is 2.15. The van der Waals surface area contributed by atoms with Crippen LogP contribution in [0.3, 0.4) is 0 Å². The Hall–Kier alpha value is -1.19. The van der Waals surface area contributed by atoms with E-state index in [0.29, 0.717) is 6.42 Å². The third-order valence-electron chi connectivity index (χ3n) is 4.50. The van der Waals surface area contributed by atoms with Crippen LogP contribution >= 0.6 is 11.6 Å². The smallest absolute Gasteiger partial charge is 0.135 e. The fourth-order valence-electron chi connectivity index (χ4n) is 2.59. The minimum absolute atomic E-state index is 0.113. The molecule has 1 aromatic rings. The van der Waals surface area contributed by atoms with E-state index in [1.54, 1.807) is 20.8 Å². The molecule has 1 aliphatic carbocycles. The Bertz CT molecular complexity index is 614. The molecule has 4 heteroatoms. The fourth-order valence-corrected chi connectivity index (χ4v) is 2.81. The molecule has 1 fully saturated rings. The summed E-state index contributed by atoms with van der Waals surface area (Å²) in [5, 5.41) is 9.87. The topological polar surface area (TPSA) is 49.7 Å². The first-order valence-corrected chi connectivity index (χ1v) is 10.9. The van der Waals surface area contributed by atoms with Crippen molar-refractivity contribution in [2.75, 3.05) is 0 Å². The van der Waals surface area contributed by atoms with E-state index in [2.05, 4.69) is 25.8 Å². The van der Waals surface area contributed by atoms with E-state index >= 15 is 0 Å². The molecule has 1 N–H and O–H groups in total. The first kappa shape index (κ1) is 26.8. The average molecular weight is 410 g/mol. The standard InChI is InChI=1S/C12H16ClN.C7H14O2.C5H10/c1-4-5-10(3)14-12-7-6-11(13)8-9(12)2;1-4-6(8)5-7(2,3)9;1-5-3-2-4-5/h6-8H,4-5H2,1-3H3;9H,4-5H2,1-3H3;5H,2-4H2,1H3. The molecule has 0 bridgehead atoms. The summed E-state index contributed by atoms with van der Waals surface area (Å²) >= 11 is 5.87. The number of carbonyl (C=O) groups excluding carboxylic acids is 1. The predicted octanol–water partition coefficient (Wildman–Crippen LogP) is 7.47. The summed E-state index contributed by atoms with van der Waals surface area (Å²) in [6, 6.07) is 5.79. The lowest BCUT2D eigenvalue weighted by molar-refractivity contribution is -0.122. The molecule has 28 heavy (non-hydrogen) atoms. The van der Waals surface area contributed by atoms with E-state index < -0.39 is 5.60 Å². The van der Waals surface area contributed by atoms with Crippen molar-refractivity contribution in [1.82, 2.24) is 0 Å². The molecule has 0 aromatic heterocycles. The van der Waals surface area contributed by atoms with Crippen LogP contribution < -0.4 is 0 Å². The maximum absolute atomic E-state index is 10.7. The normalized spacial score (nSPS) is 14.2. The summed E-state index contributed by atoms with van der Waals surface area (Å²) in [6.45, 7) is 13.6. The van der Waals surface area contributed by atoms with Crippen LogP contribution in [0.15, 0.2) is 23.2 Å². The van der Waals surface area contributed by atoms with Crippen LogP contribution in [0.4, 0.5) is 5.69 Å². The monoisotopic (exact) mass is 409 g/mol. The van der Waals surface area contributed by atoms with Crippen LogP contribution in [0.1, 0.15) is 92.1 Å². The second kappa shape index (κ2) is 13.9. The van der Waals surface area contributed by atoms with E-state index in [9.17, 15) is 4.79 Å². The molecule has 2 rings (SSSR count). The van der Waals surface area contributed by atoms with Gasteiger partial charge >= 0.3 is 0 Å². The van der Waals surface area contributed by atoms with Crippen molar-refractivity contribution >= 4 is 28.8 Å². The zero-order valence-corrected chi connectivity index (χ0v) is 19.7. The van der Waals surface area contributed by atoms with Crippen molar-refractivity contribution in [3.8, 4) is 0 Å². The van der Waals surface area contributed by atoms with Gasteiger partial charge in [-0.3, -0.25) is 9.79 Å². The van der Waals surface area contributed by atoms with Gasteiger partial charge in [0.15, 0.2) is 0 Å². The van der Waals surface area contributed by atoms with Crippen LogP contribution in [0, 0.1) is 12.8 Å². The number of aliphatic hydroxyl groups is 1. The van der Waals surface area contributed by atoms with Gasteiger partial charge in [-0.15, -0.1) is 0 Å². The molecule has 0 amide bonds. The Labute approximate surface area is 177 Å². The molecule has 1 aromatic carbocycles. The van der Waals surface area contributed by atoms with Crippen LogP contribution in [0.5, 0.6) is 0 Å². The van der Waals surface area contributed by atoms with Gasteiger partial charge in [-0.2, -0.15) is 0 Å². The van der Waals surface area contributed by atoms with Gasteiger partial charge in [-0.05, 0) is 63.8 Å². The summed E-state index contributed by atoms with van der Waals surface area (Å²) in [6.07, 6.45) is 7.44. The quantitative estimate of drug-likeness (QED) is 0.495. The fraction of sp³-hybridized carbons (Fsp3) is 0.667. The number of hydrogen-bond acceptors (Lipinski definition) is 3. The van der Waals surface area contributed by atoms with E-state index in [-0.39, 0.29) is 12.2 Å². The number of aliphatic imine (C=N–C) groups is 1. The van der Waals surface area contributed by atoms with Crippen LogP contribution in [0.2, 0.25) is 5.02 Å². The van der Waals surface area contributed by atoms with Gasteiger partial charge in [-0.1, -0.05) is 58.1 Å². The molecular weight excluding hydrogens is 370 g/mol. The molecule has 0 atom stereocenters. The number of ketones is 1. The summed E-state index contributed by atoms with van der Waals surface area (Å²) in [7, 11) is 0. The lowest BCUT2D eigenvalue weighted by atomic mass is 9.88. The van der Waals surface area contributed by atoms with Crippen molar-refractivity contribution in [1.29, 1.82) is 0 Å². The zero-order valence-electron chi connectivity index (χ0n) is 18.9. The Kier molecular flexibility index (Phi) is 13.3. The highest BCUT2D eigenvalue weighted by atomic mass is 35.5. The number of carbonyl (C=O) groups is 1. The summed E-state index contributed by atoms with van der Waals surface area (Å²) in [5.41, 5.74) is 2.51. The van der Waals surface area contributed by atoms with Crippen molar-refractivity contribution in [2.24, 2.45) is 10.9 Å². The van der Waals surface area contributed by atoms with Gasteiger partial charge in [0.1, 0.15) is 5.78 Å². The molecule has 0 radical (unpaired) electrons. The molecule has 0 aliphatic heterocycles. The molecule has 0 saturated heterocycles. The summed E-state index contributed by atoms with van der Waals surface area (Å²) in [4.78, 5) is 15.2. The molecule has 1 aliphatic rings. The number of benzene rings is 1. The second-order valence-electron chi connectivity index (χ2n) is 8.45. The first-order valence-electron chi connectivity index (χ1n) is 10.5. The molecule has 0 spiro atoms. The van der Waals surface area contributed by atoms with E-state index in [0.717, 1.165) is 35.0 Å². The highest BCUT2D eigenvalue weighted by Crippen LogP contribution is 2.24. The number of nitrogens with zero attached hydrogens (tertiary/aromatic N) is 1. The van der Waals surface area contributed by atoms with Gasteiger partial charge in [0, 0.05) is 23.6 Å². The van der Waals surface area contributed by atoms with Gasteiger partial charge < -0.3 is 5.11 Å². The van der Waals surface area contributed by atoms with Crippen LogP contribution in [-0.4, -0.2) is 22.2 Å². The Morgan fingerprint density at radius 3 is 2.18 bits per heavy atom. The first-order chi connectivity index (χ1) is 13.0. The Morgan fingerprint density at radius 1 is 1.29 bits per heavy atom. The molecule has 160 valence electrons. The van der Waals surface area contributed by atoms with Crippen LogP contribution in [-0.2, 0) is 4.79 Å². The van der Waals surface area contributed by atoms with Gasteiger partial charge in [0.2, 0.25) is 0 Å². The lowest BCUT2D eigenvalue weighted by Crippen LogP contribution is -2.22. The number of halogens is 1. The van der Waals surface area contributed by atoms with Crippen molar-refractivity contribution in [3.05, 3.63) is 28.8 Å². The number of Topliss-reactive ketones (excluding diaryl/α,β-unsaturated/α-hetero) is 1. The summed E-state index contributed by atoms with van der Waals surface area (Å²) < 4.78 is 0. The van der Waals surface area contributed by atoms with Gasteiger partial charge in [0.05, 0.1) is 11.3 Å². The largest absolute Gasteiger partial charge is 0.390 e. The highest BCUT2D eigenvalue weighted by molar-refractivity contribution is 6.30. The number of aryl methyl sites for hydroxylation is 1. The third-order valence-corrected chi connectivity index (χ3v) is 4.74. The van der Waals surface area contributed by atoms with Crippen molar-refractivity contribution in [3.63, 3.8) is 0 Å². The second-order valence-corrected chi connectivity index (χ2v) is 8.88. The van der Waals surface area contributed by atoms with Gasteiger partial charge in [-0.25, -0.2) is 0 Å². The SMILES string of the molecule is CC1CCC1.CCC(=O)CC(C)(C)O.CCCC(C)=Nc1ccc(Cl)cc1C. The third kappa shape index (κ3) is 13.9.